The van der Waals surface area contributed by atoms with Crippen LogP contribution in [0.25, 0.3) is 0 Å². The van der Waals surface area contributed by atoms with Gasteiger partial charge in [-0.15, -0.1) is 0 Å². The van der Waals surface area contributed by atoms with Crippen LogP contribution in [0.2, 0.25) is 0 Å². The Labute approximate surface area is 112 Å². The summed E-state index contributed by atoms with van der Waals surface area (Å²) in [5.74, 6) is 1.27. The Balaban J connectivity index is 2.03. The maximum absolute atomic E-state index is 5.65. The number of hydrogen-bond donors (Lipinski definition) is 3. The molecule has 0 radical (unpaired) electrons. The summed E-state index contributed by atoms with van der Waals surface area (Å²) < 4.78 is 0. The first-order valence-electron chi connectivity index (χ1n) is 6.13. The number of nitrogens with two attached hydrogens (primary N) is 1. The molecule has 0 saturated heterocycles. The van der Waals surface area contributed by atoms with E-state index in [1.807, 2.05) is 18.9 Å². The predicted molar refractivity (Wildman–Crippen MR) is 76.3 cm³/mol. The molecule has 102 valence electrons. The van der Waals surface area contributed by atoms with Crippen LogP contribution in [0.3, 0.4) is 0 Å². The van der Waals surface area contributed by atoms with Crippen molar-refractivity contribution in [1.29, 1.82) is 0 Å². The molecule has 2 rings (SSSR count). The van der Waals surface area contributed by atoms with Gasteiger partial charge in [-0.05, 0) is 19.1 Å². The molecule has 0 aromatic carbocycles. The zero-order valence-corrected chi connectivity index (χ0v) is 11.4. The van der Waals surface area contributed by atoms with Crippen molar-refractivity contribution in [3.05, 3.63) is 23.5 Å². The third kappa shape index (κ3) is 3.34. The molecule has 0 unspecified atom stereocenters. The number of aromatic nitrogens is 4. The minimum atomic E-state index is 0.219. The smallest absolute Gasteiger partial charge is 0.231 e. The van der Waals surface area contributed by atoms with E-state index in [0.29, 0.717) is 11.9 Å². The van der Waals surface area contributed by atoms with Gasteiger partial charge in [-0.25, -0.2) is 0 Å². The highest BCUT2D eigenvalue weighted by Crippen LogP contribution is 2.11. The summed E-state index contributed by atoms with van der Waals surface area (Å²) in [6, 6.07) is 4.15. The van der Waals surface area contributed by atoms with Crippen molar-refractivity contribution in [2.45, 2.75) is 13.3 Å². The molecule has 2 heterocycles. The second-order valence-electron chi connectivity index (χ2n) is 4.41. The van der Waals surface area contributed by atoms with Gasteiger partial charge in [-0.3, -0.25) is 0 Å². The molecule has 0 saturated carbocycles. The second kappa shape index (κ2) is 5.55. The largest absolute Gasteiger partial charge is 0.368 e. The SMILES string of the molecule is CNc1nc(N)nc(N(C)CCc2ccc(C)[nH]2)n1. The van der Waals surface area contributed by atoms with Crippen molar-refractivity contribution in [3.8, 4) is 0 Å². The number of hydrogen-bond acceptors (Lipinski definition) is 6. The van der Waals surface area contributed by atoms with Gasteiger partial charge in [0.15, 0.2) is 0 Å². The lowest BCUT2D eigenvalue weighted by Gasteiger charge is -2.17. The first kappa shape index (κ1) is 13.1. The average molecular weight is 261 g/mol. The minimum Gasteiger partial charge on any atom is -0.368 e. The zero-order chi connectivity index (χ0) is 13.8. The van der Waals surface area contributed by atoms with Crippen LogP contribution in [0, 0.1) is 6.92 Å². The topological polar surface area (TPSA) is 95.7 Å². The molecule has 19 heavy (non-hydrogen) atoms. The summed E-state index contributed by atoms with van der Waals surface area (Å²) in [6.07, 6.45) is 0.894. The number of aryl methyl sites for hydroxylation is 1. The van der Waals surface area contributed by atoms with Gasteiger partial charge in [0, 0.05) is 38.4 Å². The van der Waals surface area contributed by atoms with Crippen molar-refractivity contribution in [1.82, 2.24) is 19.9 Å². The Morgan fingerprint density at radius 1 is 1.32 bits per heavy atom. The number of anilines is 3. The second-order valence-corrected chi connectivity index (χ2v) is 4.41. The van der Waals surface area contributed by atoms with E-state index in [1.54, 1.807) is 7.05 Å². The number of H-pyrrole nitrogens is 1. The van der Waals surface area contributed by atoms with E-state index in [4.69, 9.17) is 5.73 Å². The highest BCUT2D eigenvalue weighted by Gasteiger charge is 2.08. The van der Waals surface area contributed by atoms with Gasteiger partial charge in [-0.2, -0.15) is 15.0 Å². The fourth-order valence-corrected chi connectivity index (χ4v) is 1.76. The molecule has 7 nitrogen and oxygen atoms in total. The van der Waals surface area contributed by atoms with Gasteiger partial charge in [0.2, 0.25) is 17.8 Å². The van der Waals surface area contributed by atoms with E-state index in [0.717, 1.165) is 13.0 Å². The lowest BCUT2D eigenvalue weighted by atomic mass is 10.3. The van der Waals surface area contributed by atoms with Crippen LogP contribution in [0.4, 0.5) is 17.8 Å². The maximum atomic E-state index is 5.65. The number of likely N-dealkylation sites (N-methyl/N-ethyl adjacent to an activating group) is 1. The molecule has 0 atom stereocenters. The Kier molecular flexibility index (Phi) is 3.84. The predicted octanol–water partition coefficient (Wildman–Crippen LogP) is 0.811. The van der Waals surface area contributed by atoms with E-state index in [2.05, 4.69) is 37.4 Å². The summed E-state index contributed by atoms with van der Waals surface area (Å²) in [4.78, 5) is 17.6. The summed E-state index contributed by atoms with van der Waals surface area (Å²) in [5.41, 5.74) is 8.01. The van der Waals surface area contributed by atoms with Crippen molar-refractivity contribution in [2.24, 2.45) is 0 Å². The van der Waals surface area contributed by atoms with Gasteiger partial charge >= 0.3 is 0 Å². The Morgan fingerprint density at radius 2 is 2.11 bits per heavy atom. The van der Waals surface area contributed by atoms with Gasteiger partial charge in [0.1, 0.15) is 0 Å². The van der Waals surface area contributed by atoms with E-state index in [9.17, 15) is 0 Å². The van der Waals surface area contributed by atoms with Crippen molar-refractivity contribution >= 4 is 17.8 Å². The van der Waals surface area contributed by atoms with Crippen molar-refractivity contribution in [3.63, 3.8) is 0 Å². The maximum Gasteiger partial charge on any atom is 0.231 e. The molecule has 0 aliphatic heterocycles. The van der Waals surface area contributed by atoms with Gasteiger partial charge in [0.05, 0.1) is 0 Å². The minimum absolute atomic E-state index is 0.219. The summed E-state index contributed by atoms with van der Waals surface area (Å²) in [7, 11) is 3.68. The van der Waals surface area contributed by atoms with Gasteiger partial charge in [-0.1, -0.05) is 0 Å². The van der Waals surface area contributed by atoms with E-state index in [-0.39, 0.29) is 5.95 Å². The monoisotopic (exact) mass is 261 g/mol. The molecular weight excluding hydrogens is 242 g/mol. The van der Waals surface area contributed by atoms with E-state index < -0.39 is 0 Å². The first-order chi connectivity index (χ1) is 9.08. The van der Waals surface area contributed by atoms with Crippen LogP contribution in [0.5, 0.6) is 0 Å². The van der Waals surface area contributed by atoms with Crippen molar-refractivity contribution in [2.75, 3.05) is 36.6 Å². The van der Waals surface area contributed by atoms with Crippen LogP contribution < -0.4 is 16.0 Å². The molecule has 7 heteroatoms. The molecule has 0 amide bonds. The number of aromatic amines is 1. The standard InChI is InChI=1S/C12H19N7/c1-8-4-5-9(15-8)6-7-19(3)12-17-10(13)16-11(14-2)18-12/h4-5,15H,6-7H2,1-3H3,(H3,13,14,16,17,18). The highest BCUT2D eigenvalue weighted by molar-refractivity contribution is 5.41. The average Bonchev–Trinajstić information content (AvgIpc) is 2.81. The van der Waals surface area contributed by atoms with Crippen LogP contribution >= 0.6 is 0 Å². The Bertz CT molecular complexity index is 549. The third-order valence-corrected chi connectivity index (χ3v) is 2.81. The third-order valence-electron chi connectivity index (χ3n) is 2.81. The molecule has 2 aromatic rings. The lowest BCUT2D eigenvalue weighted by molar-refractivity contribution is 0.819. The Hall–Kier alpha value is -2.31. The number of nitrogen functional groups attached to an aromatic ring is 1. The molecule has 0 aliphatic carbocycles. The number of rotatable bonds is 5. The van der Waals surface area contributed by atoms with Crippen LogP contribution in [0.15, 0.2) is 12.1 Å². The molecule has 0 spiro atoms. The quantitative estimate of drug-likeness (QED) is 0.737. The van der Waals surface area contributed by atoms with Crippen LogP contribution in [-0.4, -0.2) is 40.6 Å². The van der Waals surface area contributed by atoms with Crippen LogP contribution in [0.1, 0.15) is 11.4 Å². The van der Waals surface area contributed by atoms with Gasteiger partial charge in [0.25, 0.3) is 0 Å². The number of nitrogens with zero attached hydrogens (tertiary/aromatic N) is 4. The number of nitrogens with one attached hydrogen (secondary N) is 2. The molecule has 4 N–H and O–H groups in total. The first-order valence-corrected chi connectivity index (χ1v) is 6.13. The van der Waals surface area contributed by atoms with E-state index in [1.165, 1.54) is 11.4 Å². The summed E-state index contributed by atoms with van der Waals surface area (Å²) in [5, 5.41) is 2.87. The Morgan fingerprint density at radius 3 is 2.74 bits per heavy atom. The highest BCUT2D eigenvalue weighted by atomic mass is 15.3. The van der Waals surface area contributed by atoms with E-state index >= 15 is 0 Å². The van der Waals surface area contributed by atoms with Crippen molar-refractivity contribution < 1.29 is 0 Å². The fraction of sp³-hybridized carbons (Fsp3) is 0.417. The summed E-state index contributed by atoms with van der Waals surface area (Å²) in [6.45, 7) is 2.84. The normalized spacial score (nSPS) is 10.5. The molecule has 0 bridgehead atoms. The lowest BCUT2D eigenvalue weighted by Crippen LogP contribution is -2.24. The zero-order valence-electron chi connectivity index (χ0n) is 11.4. The molecule has 0 aliphatic rings. The van der Waals surface area contributed by atoms with Crippen LogP contribution in [-0.2, 0) is 6.42 Å². The molecule has 0 fully saturated rings. The molecular formula is C12H19N7. The molecule has 2 aromatic heterocycles. The van der Waals surface area contributed by atoms with Gasteiger partial charge < -0.3 is 20.9 Å². The fourth-order valence-electron chi connectivity index (χ4n) is 1.76. The summed E-state index contributed by atoms with van der Waals surface area (Å²) >= 11 is 0.